The van der Waals surface area contributed by atoms with Crippen molar-refractivity contribution >= 4 is 15.8 Å². The summed E-state index contributed by atoms with van der Waals surface area (Å²) < 4.78 is 33.6. The molecule has 0 radical (unpaired) electrons. The van der Waals surface area contributed by atoms with E-state index in [4.69, 9.17) is 4.74 Å². The Morgan fingerprint density at radius 1 is 1.09 bits per heavy atom. The summed E-state index contributed by atoms with van der Waals surface area (Å²) >= 11 is 0. The second kappa shape index (κ2) is 12.2. The first-order valence-electron chi connectivity index (χ1n) is 12.4. The minimum atomic E-state index is -3.66. The molecule has 1 aliphatic carbocycles. The topological polar surface area (TPSA) is 80.7 Å². The SMILES string of the molecule is CC(=O)OC(/C=C(\C)CC(C1=C(C)CCCC1(C)C)S(=O)(=O)c1ccc(C)cc1)C/C(C)=C/CO. The molecule has 1 aromatic carbocycles. The molecular weight excluding hydrogens is 460 g/mol. The van der Waals surface area contributed by atoms with E-state index < -0.39 is 27.2 Å². The van der Waals surface area contributed by atoms with Gasteiger partial charge in [0.1, 0.15) is 6.10 Å². The molecule has 1 aliphatic rings. The number of carbonyl (C=O) groups excluding carboxylic acids is 1. The molecule has 1 N–H and O–H groups in total. The molecular formula is C29H42O5S. The summed E-state index contributed by atoms with van der Waals surface area (Å²) in [4.78, 5) is 12.1. The molecule has 5 nitrogen and oxygen atoms in total. The highest BCUT2D eigenvalue weighted by Gasteiger charge is 2.40. The largest absolute Gasteiger partial charge is 0.458 e. The number of sulfone groups is 1. The van der Waals surface area contributed by atoms with Crippen molar-refractivity contribution in [1.29, 1.82) is 0 Å². The van der Waals surface area contributed by atoms with Gasteiger partial charge in [0.2, 0.25) is 0 Å². The molecule has 0 bridgehead atoms. The van der Waals surface area contributed by atoms with E-state index in [1.54, 1.807) is 18.2 Å². The Morgan fingerprint density at radius 2 is 1.71 bits per heavy atom. The van der Waals surface area contributed by atoms with Crippen molar-refractivity contribution in [3.05, 3.63) is 64.3 Å². The molecule has 0 aliphatic heterocycles. The maximum atomic E-state index is 14.1. The van der Waals surface area contributed by atoms with Crippen LogP contribution in [0.2, 0.25) is 0 Å². The van der Waals surface area contributed by atoms with Crippen molar-refractivity contribution in [2.75, 3.05) is 6.61 Å². The van der Waals surface area contributed by atoms with E-state index in [9.17, 15) is 18.3 Å². The molecule has 1 aromatic rings. The summed E-state index contributed by atoms with van der Waals surface area (Å²) in [6.07, 6.45) is 6.70. The molecule has 2 unspecified atom stereocenters. The zero-order valence-corrected chi connectivity index (χ0v) is 23.2. The molecule has 0 saturated carbocycles. The molecule has 0 aromatic heterocycles. The highest BCUT2D eigenvalue weighted by molar-refractivity contribution is 7.92. The number of aliphatic hydroxyl groups excluding tert-OH is 1. The number of rotatable bonds is 10. The number of hydrogen-bond donors (Lipinski definition) is 1. The highest BCUT2D eigenvalue weighted by atomic mass is 32.2. The quantitative estimate of drug-likeness (QED) is 0.302. The van der Waals surface area contributed by atoms with E-state index in [0.29, 0.717) is 17.7 Å². The Hall–Kier alpha value is -2.18. The van der Waals surface area contributed by atoms with Crippen LogP contribution in [0, 0.1) is 12.3 Å². The number of carbonyl (C=O) groups is 1. The lowest BCUT2D eigenvalue weighted by atomic mass is 9.70. The van der Waals surface area contributed by atoms with E-state index in [0.717, 1.165) is 47.1 Å². The molecule has 0 fully saturated rings. The highest BCUT2D eigenvalue weighted by Crippen LogP contribution is 2.46. The molecule has 0 amide bonds. The average Bonchev–Trinajstić information content (AvgIpc) is 2.72. The van der Waals surface area contributed by atoms with E-state index in [2.05, 4.69) is 20.8 Å². The number of ether oxygens (including phenoxy) is 1. The Morgan fingerprint density at radius 3 is 2.26 bits per heavy atom. The van der Waals surface area contributed by atoms with Gasteiger partial charge in [-0.2, -0.15) is 0 Å². The fraction of sp³-hybridized carbons (Fsp3) is 0.552. The Bertz CT molecular complexity index is 1090. The van der Waals surface area contributed by atoms with Crippen LogP contribution in [-0.4, -0.2) is 37.5 Å². The summed E-state index contributed by atoms with van der Waals surface area (Å²) in [5.41, 5.74) is 4.72. The third-order valence-corrected chi connectivity index (χ3v) is 8.93. The van der Waals surface area contributed by atoms with Crippen LogP contribution in [0.15, 0.2) is 63.6 Å². The first kappa shape index (κ1) is 29.1. The van der Waals surface area contributed by atoms with E-state index in [1.807, 2.05) is 39.0 Å². The van der Waals surface area contributed by atoms with Gasteiger partial charge >= 0.3 is 5.97 Å². The standard InChI is InChI=1S/C29H42O5S/c1-20-10-12-26(13-11-20)35(32,33)27(28-23(4)9-8-15-29(28,6)7)19-22(3)18-25(34-24(5)31)17-21(2)14-16-30/h10-14,18,25,27,30H,8-9,15-17,19H2,1-7H3/b21-14+,22-18+. The fourth-order valence-corrected chi connectivity index (χ4v) is 7.35. The lowest BCUT2D eigenvalue weighted by Gasteiger charge is -2.39. The summed E-state index contributed by atoms with van der Waals surface area (Å²) in [6.45, 7) is 13.4. The van der Waals surface area contributed by atoms with E-state index in [1.165, 1.54) is 6.92 Å². The smallest absolute Gasteiger partial charge is 0.303 e. The van der Waals surface area contributed by atoms with Crippen molar-refractivity contribution in [3.8, 4) is 0 Å². The van der Waals surface area contributed by atoms with Crippen LogP contribution in [0.5, 0.6) is 0 Å². The predicted molar refractivity (Wildman–Crippen MR) is 142 cm³/mol. The summed E-state index contributed by atoms with van der Waals surface area (Å²) in [6, 6.07) is 7.08. The van der Waals surface area contributed by atoms with Gasteiger partial charge in [-0.1, -0.05) is 54.3 Å². The van der Waals surface area contributed by atoms with Crippen LogP contribution < -0.4 is 0 Å². The van der Waals surface area contributed by atoms with Crippen LogP contribution >= 0.6 is 0 Å². The predicted octanol–water partition coefficient (Wildman–Crippen LogP) is 6.26. The van der Waals surface area contributed by atoms with Crippen LogP contribution in [0.1, 0.15) is 79.2 Å². The third kappa shape index (κ3) is 7.91. The van der Waals surface area contributed by atoms with Crippen molar-refractivity contribution in [2.24, 2.45) is 5.41 Å². The maximum absolute atomic E-state index is 14.1. The number of aliphatic hydroxyl groups is 1. The summed E-state index contributed by atoms with van der Waals surface area (Å²) in [5, 5.41) is 8.50. The second-order valence-electron chi connectivity index (χ2n) is 10.6. The lowest BCUT2D eigenvalue weighted by molar-refractivity contribution is -0.144. The normalized spacial score (nSPS) is 18.9. The molecule has 35 heavy (non-hydrogen) atoms. The van der Waals surface area contributed by atoms with Gasteiger partial charge in [-0.15, -0.1) is 0 Å². The van der Waals surface area contributed by atoms with Crippen LogP contribution in [0.4, 0.5) is 0 Å². The number of allylic oxidation sites excluding steroid dienone is 2. The molecule has 0 heterocycles. The van der Waals surface area contributed by atoms with Gasteiger partial charge in [0.25, 0.3) is 0 Å². The second-order valence-corrected chi connectivity index (χ2v) is 12.7. The summed E-state index contributed by atoms with van der Waals surface area (Å²) in [7, 11) is -3.66. The zero-order valence-electron chi connectivity index (χ0n) is 22.3. The van der Waals surface area contributed by atoms with Gasteiger partial charge in [0.15, 0.2) is 9.84 Å². The van der Waals surface area contributed by atoms with Crippen molar-refractivity contribution in [1.82, 2.24) is 0 Å². The number of benzene rings is 1. The minimum Gasteiger partial charge on any atom is -0.458 e. The van der Waals surface area contributed by atoms with Gasteiger partial charge in [0, 0.05) is 13.3 Å². The van der Waals surface area contributed by atoms with Crippen molar-refractivity contribution in [2.45, 2.75) is 96.8 Å². The van der Waals surface area contributed by atoms with E-state index >= 15 is 0 Å². The van der Waals surface area contributed by atoms with Gasteiger partial charge in [-0.3, -0.25) is 4.79 Å². The minimum absolute atomic E-state index is 0.0826. The van der Waals surface area contributed by atoms with Crippen LogP contribution in [0.3, 0.4) is 0 Å². The molecule has 2 atom stereocenters. The third-order valence-electron chi connectivity index (χ3n) is 6.85. The maximum Gasteiger partial charge on any atom is 0.303 e. The van der Waals surface area contributed by atoms with Crippen molar-refractivity contribution < 1.29 is 23.1 Å². The molecule has 2 rings (SSSR count). The molecule has 0 spiro atoms. The zero-order chi connectivity index (χ0) is 26.4. The molecule has 6 heteroatoms. The number of hydrogen-bond acceptors (Lipinski definition) is 5. The number of aryl methyl sites for hydroxylation is 1. The number of esters is 1. The van der Waals surface area contributed by atoms with Crippen molar-refractivity contribution in [3.63, 3.8) is 0 Å². The monoisotopic (exact) mass is 502 g/mol. The first-order valence-corrected chi connectivity index (χ1v) is 13.9. The first-order chi connectivity index (χ1) is 16.3. The Balaban J connectivity index is 2.55. The molecule has 194 valence electrons. The fourth-order valence-electron chi connectivity index (χ4n) is 5.19. The van der Waals surface area contributed by atoms with E-state index in [-0.39, 0.29) is 12.0 Å². The average molecular weight is 503 g/mol. The van der Waals surface area contributed by atoms with Gasteiger partial charge in [-0.25, -0.2) is 8.42 Å². The Labute approximate surface area is 211 Å². The van der Waals surface area contributed by atoms with Gasteiger partial charge in [0.05, 0.1) is 16.8 Å². The van der Waals surface area contributed by atoms with Crippen LogP contribution in [0.25, 0.3) is 0 Å². The van der Waals surface area contributed by atoms with Gasteiger partial charge in [-0.05, 0) is 82.6 Å². The van der Waals surface area contributed by atoms with Crippen LogP contribution in [-0.2, 0) is 19.4 Å². The molecule has 0 saturated heterocycles. The summed E-state index contributed by atoms with van der Waals surface area (Å²) in [5.74, 6) is -0.397. The van der Waals surface area contributed by atoms with Gasteiger partial charge < -0.3 is 9.84 Å². The Kier molecular flexibility index (Phi) is 10.1. The lowest BCUT2D eigenvalue weighted by Crippen LogP contribution is -2.35.